The van der Waals surface area contributed by atoms with Crippen molar-refractivity contribution in [2.45, 2.75) is 387 Å². The van der Waals surface area contributed by atoms with Gasteiger partial charge in [-0.15, -0.1) is 0 Å². The number of allylic oxidation sites excluding steroid dienone is 4. The molecule has 0 aliphatic heterocycles. The molecule has 17 nitrogen and oxygen atoms in total. The lowest BCUT2D eigenvalue weighted by Crippen LogP contribution is -2.30. The third kappa shape index (κ3) is 69.8. The number of hydrogen-bond donors (Lipinski definition) is 3. The number of esters is 4. The SMILES string of the molecule is CCCCCC/C=C\C=C/CCCCCCCC(=O)O[C@H](COC(=O)CCCCCCCCCCCCCCCC)COP(=O)(O)OC[C@@H](O)COP(=O)(O)OC[C@@H](COC(=O)CCCCCCCCCCCCC(C)C)OC(=O)CCCCCCCCCCCCC(C)C. The van der Waals surface area contributed by atoms with Gasteiger partial charge in [-0.3, -0.25) is 37.3 Å². The van der Waals surface area contributed by atoms with Crippen LogP contribution < -0.4 is 0 Å². The Morgan fingerprint density at radius 3 is 0.863 bits per heavy atom. The van der Waals surface area contributed by atoms with E-state index in [9.17, 15) is 43.2 Å². The topological polar surface area (TPSA) is 237 Å². The van der Waals surface area contributed by atoms with Gasteiger partial charge in [0.2, 0.25) is 0 Å². The first-order chi connectivity index (χ1) is 45.9. The maximum absolute atomic E-state index is 13.1. The van der Waals surface area contributed by atoms with Crippen LogP contribution in [0.3, 0.4) is 0 Å². The molecular formula is C76H144O17P2. The Labute approximate surface area is 580 Å². The van der Waals surface area contributed by atoms with Gasteiger partial charge in [0.15, 0.2) is 12.2 Å². The van der Waals surface area contributed by atoms with E-state index in [1.54, 1.807) is 0 Å². The van der Waals surface area contributed by atoms with Crippen molar-refractivity contribution in [3.8, 4) is 0 Å². The summed E-state index contributed by atoms with van der Waals surface area (Å²) in [6, 6.07) is 0. The monoisotopic (exact) mass is 1390 g/mol. The third-order valence-corrected chi connectivity index (χ3v) is 19.0. The van der Waals surface area contributed by atoms with Crippen LogP contribution in [0.25, 0.3) is 0 Å². The van der Waals surface area contributed by atoms with Crippen molar-refractivity contribution in [1.29, 1.82) is 0 Å². The maximum atomic E-state index is 13.1. The number of rotatable bonds is 73. The lowest BCUT2D eigenvalue weighted by molar-refractivity contribution is -0.161. The van der Waals surface area contributed by atoms with E-state index in [0.29, 0.717) is 25.7 Å². The van der Waals surface area contributed by atoms with E-state index in [2.05, 4.69) is 65.8 Å². The van der Waals surface area contributed by atoms with Crippen molar-refractivity contribution < 1.29 is 80.2 Å². The van der Waals surface area contributed by atoms with Crippen LogP contribution >= 0.6 is 15.6 Å². The molecule has 0 aliphatic rings. The number of aliphatic hydroxyl groups excluding tert-OH is 1. The molecule has 0 amide bonds. The number of unbranched alkanes of at least 4 members (excludes halogenated alkanes) is 40. The highest BCUT2D eigenvalue weighted by Crippen LogP contribution is 2.45. The molecular weight excluding hydrogens is 1250 g/mol. The maximum Gasteiger partial charge on any atom is 0.472 e. The van der Waals surface area contributed by atoms with Crippen LogP contribution in [0.4, 0.5) is 0 Å². The van der Waals surface area contributed by atoms with Gasteiger partial charge in [-0.25, -0.2) is 9.13 Å². The Hall–Kier alpha value is -2.46. The van der Waals surface area contributed by atoms with Crippen LogP contribution in [0.2, 0.25) is 0 Å². The van der Waals surface area contributed by atoms with Gasteiger partial charge in [0.25, 0.3) is 0 Å². The van der Waals surface area contributed by atoms with Crippen LogP contribution in [0.15, 0.2) is 24.3 Å². The predicted molar refractivity (Wildman–Crippen MR) is 386 cm³/mol. The summed E-state index contributed by atoms with van der Waals surface area (Å²) in [7, 11) is -9.92. The summed E-state index contributed by atoms with van der Waals surface area (Å²) in [6.07, 6.45) is 57.6. The lowest BCUT2D eigenvalue weighted by Gasteiger charge is -2.21. The number of carbonyl (C=O) groups is 4. The number of carbonyl (C=O) groups excluding carboxylic acids is 4. The van der Waals surface area contributed by atoms with Gasteiger partial charge in [-0.2, -0.15) is 0 Å². The van der Waals surface area contributed by atoms with E-state index in [-0.39, 0.29) is 25.7 Å². The van der Waals surface area contributed by atoms with Crippen LogP contribution in [0, 0.1) is 11.8 Å². The molecule has 0 radical (unpaired) electrons. The van der Waals surface area contributed by atoms with Gasteiger partial charge in [0.1, 0.15) is 19.3 Å². The van der Waals surface area contributed by atoms with Crippen molar-refractivity contribution in [3.63, 3.8) is 0 Å². The summed E-state index contributed by atoms with van der Waals surface area (Å²) in [5.41, 5.74) is 0. The number of aliphatic hydroxyl groups is 1. The van der Waals surface area contributed by atoms with Crippen molar-refractivity contribution in [1.82, 2.24) is 0 Å². The molecule has 0 saturated heterocycles. The van der Waals surface area contributed by atoms with Gasteiger partial charge < -0.3 is 33.8 Å². The molecule has 5 atom stereocenters. The molecule has 0 bridgehead atoms. The largest absolute Gasteiger partial charge is 0.472 e. The summed E-state index contributed by atoms with van der Waals surface area (Å²) in [6.45, 7) is 9.51. The minimum Gasteiger partial charge on any atom is -0.462 e. The number of hydrogen-bond acceptors (Lipinski definition) is 15. The molecule has 0 heterocycles. The highest BCUT2D eigenvalue weighted by molar-refractivity contribution is 7.47. The Morgan fingerprint density at radius 2 is 0.568 bits per heavy atom. The molecule has 0 fully saturated rings. The molecule has 0 aromatic heterocycles. The molecule has 2 unspecified atom stereocenters. The fraction of sp³-hybridized carbons (Fsp3) is 0.895. The molecule has 0 aromatic rings. The highest BCUT2D eigenvalue weighted by Gasteiger charge is 2.30. The van der Waals surface area contributed by atoms with E-state index in [1.165, 1.54) is 173 Å². The average Bonchev–Trinajstić information content (AvgIpc) is 2.04. The van der Waals surface area contributed by atoms with E-state index in [1.807, 2.05) is 0 Å². The summed E-state index contributed by atoms with van der Waals surface area (Å²) < 4.78 is 68.5. The van der Waals surface area contributed by atoms with Crippen molar-refractivity contribution in [2.75, 3.05) is 39.6 Å². The Morgan fingerprint density at radius 1 is 0.326 bits per heavy atom. The van der Waals surface area contributed by atoms with Gasteiger partial charge in [0, 0.05) is 25.7 Å². The Bertz CT molecular complexity index is 1930. The average molecular weight is 1390 g/mol. The summed E-state index contributed by atoms with van der Waals surface area (Å²) >= 11 is 0. The zero-order valence-electron chi connectivity index (χ0n) is 61.5. The molecule has 0 spiro atoms. The van der Waals surface area contributed by atoms with E-state index in [0.717, 1.165) is 115 Å². The molecule has 0 rings (SSSR count). The van der Waals surface area contributed by atoms with Crippen LogP contribution in [-0.4, -0.2) is 96.7 Å². The zero-order valence-corrected chi connectivity index (χ0v) is 63.2. The second-order valence-corrected chi connectivity index (χ2v) is 30.6. The summed E-state index contributed by atoms with van der Waals surface area (Å²) in [5, 5.41) is 10.6. The van der Waals surface area contributed by atoms with E-state index in [4.69, 9.17) is 37.0 Å². The molecule has 19 heteroatoms. The molecule has 95 heavy (non-hydrogen) atoms. The summed E-state index contributed by atoms with van der Waals surface area (Å²) in [4.78, 5) is 72.8. The number of phosphoric acid groups is 2. The zero-order chi connectivity index (χ0) is 70.0. The quantitative estimate of drug-likeness (QED) is 0.0169. The number of phosphoric ester groups is 2. The van der Waals surface area contributed by atoms with E-state index >= 15 is 0 Å². The van der Waals surface area contributed by atoms with Crippen molar-refractivity contribution in [3.05, 3.63) is 24.3 Å². The van der Waals surface area contributed by atoms with Crippen LogP contribution in [-0.2, 0) is 65.4 Å². The fourth-order valence-electron chi connectivity index (χ4n) is 11.1. The normalized spacial score (nSPS) is 14.2. The second kappa shape index (κ2) is 67.4. The molecule has 0 aliphatic carbocycles. The molecule has 0 aromatic carbocycles. The first-order valence-corrected chi connectivity index (χ1v) is 41.8. The fourth-order valence-corrected chi connectivity index (χ4v) is 12.7. The minimum absolute atomic E-state index is 0.0854. The number of ether oxygens (including phenoxy) is 4. The molecule has 0 saturated carbocycles. The minimum atomic E-state index is -4.96. The Balaban J connectivity index is 5.31. The van der Waals surface area contributed by atoms with Crippen molar-refractivity contribution >= 4 is 39.5 Å². The van der Waals surface area contributed by atoms with Crippen LogP contribution in [0.1, 0.15) is 369 Å². The first kappa shape index (κ1) is 92.5. The lowest BCUT2D eigenvalue weighted by atomic mass is 10.0. The highest BCUT2D eigenvalue weighted by atomic mass is 31.2. The smallest absolute Gasteiger partial charge is 0.462 e. The first-order valence-electron chi connectivity index (χ1n) is 38.8. The Kier molecular flexibility index (Phi) is 65.6. The van der Waals surface area contributed by atoms with Crippen LogP contribution in [0.5, 0.6) is 0 Å². The van der Waals surface area contributed by atoms with Gasteiger partial charge >= 0.3 is 39.5 Å². The van der Waals surface area contributed by atoms with Gasteiger partial charge in [-0.05, 0) is 63.2 Å². The second-order valence-electron chi connectivity index (χ2n) is 27.7. The molecule has 560 valence electrons. The predicted octanol–water partition coefficient (Wildman–Crippen LogP) is 21.9. The summed E-state index contributed by atoms with van der Waals surface area (Å²) in [5.74, 6) is -0.638. The van der Waals surface area contributed by atoms with E-state index < -0.39 is 97.5 Å². The third-order valence-electron chi connectivity index (χ3n) is 17.1. The molecule has 3 N–H and O–H groups in total. The standard InChI is InChI=1S/C76H144O17P2/c1-7-9-11-13-15-17-19-21-23-25-27-36-42-48-54-60-75(80)92-71(64-86-73(78)58-52-46-40-34-26-24-22-20-18-16-14-12-10-8-2)66-90-94(82,83)88-62-70(77)63-89-95(84,85)91-67-72(93-76(81)61-55-49-43-37-31-29-33-39-45-51-57-69(5)6)65-87-74(79)59-53-47-41-35-30-28-32-38-44-50-56-68(3)4/h17,19,21,23,68-72,77H,7-16,18,20,22,24-67H2,1-6H3,(H,82,83)(H,84,85)/b19-17-,23-21-/t70-,71-,72-/m1/s1. The van der Waals surface area contributed by atoms with Gasteiger partial charge in [-0.1, -0.05) is 316 Å². The van der Waals surface area contributed by atoms with Crippen molar-refractivity contribution in [2.24, 2.45) is 11.8 Å². The van der Waals surface area contributed by atoms with Gasteiger partial charge in [0.05, 0.1) is 26.4 Å².